The van der Waals surface area contributed by atoms with Gasteiger partial charge in [0.1, 0.15) is 5.82 Å². The van der Waals surface area contributed by atoms with Crippen LogP contribution in [0, 0.1) is 5.41 Å². The average molecular weight is 359 g/mol. The topological polar surface area (TPSA) is 82.8 Å². The summed E-state index contributed by atoms with van der Waals surface area (Å²) in [5.74, 6) is 0.638. The van der Waals surface area contributed by atoms with Gasteiger partial charge < -0.3 is 20.4 Å². The summed E-state index contributed by atoms with van der Waals surface area (Å²) in [6, 6.07) is 3.42. The molecule has 1 atom stereocenters. The molecule has 0 saturated carbocycles. The van der Waals surface area contributed by atoms with Crippen molar-refractivity contribution in [1.29, 1.82) is 0 Å². The molecule has 3 heterocycles. The maximum Gasteiger partial charge on any atom is 0.248 e. The number of hydrogen-bond acceptors (Lipinski definition) is 5. The highest BCUT2D eigenvalue weighted by Gasteiger charge is 2.41. The summed E-state index contributed by atoms with van der Waals surface area (Å²) in [6.07, 6.45) is 5.39. The standard InChI is InChI=1S/C19H29N5O2/c1-22(2)10-11-24-14-19(7-4-17(24)25)6-3-9-23(13-19)16-12-15(18(20)26)5-8-21-16/h5,8,12H,3-4,6-7,9-11,13-14H2,1-2H3,(H2,20,26)/t19-/m1/s1. The molecule has 3 rings (SSSR count). The average Bonchev–Trinajstić information content (AvgIpc) is 2.63. The molecule has 2 aliphatic heterocycles. The first-order valence-electron chi connectivity index (χ1n) is 9.32. The number of pyridine rings is 1. The van der Waals surface area contributed by atoms with Gasteiger partial charge in [0.05, 0.1) is 0 Å². The van der Waals surface area contributed by atoms with Crippen molar-refractivity contribution in [1.82, 2.24) is 14.8 Å². The molecule has 2 saturated heterocycles. The van der Waals surface area contributed by atoms with Crippen LogP contribution in [0.4, 0.5) is 5.82 Å². The fourth-order valence-electron chi connectivity index (χ4n) is 4.11. The van der Waals surface area contributed by atoms with E-state index in [1.165, 1.54) is 0 Å². The monoisotopic (exact) mass is 359 g/mol. The molecule has 2 aliphatic rings. The first-order valence-corrected chi connectivity index (χ1v) is 9.32. The van der Waals surface area contributed by atoms with E-state index in [0.717, 1.165) is 57.8 Å². The molecule has 2 fully saturated rings. The lowest BCUT2D eigenvalue weighted by Crippen LogP contribution is -2.55. The van der Waals surface area contributed by atoms with Gasteiger partial charge in [-0.15, -0.1) is 0 Å². The van der Waals surface area contributed by atoms with Crippen LogP contribution in [0.5, 0.6) is 0 Å². The molecule has 0 aromatic carbocycles. The minimum absolute atomic E-state index is 0.114. The SMILES string of the molecule is CN(C)CCN1C[C@]2(CCCN(c3cc(C(N)=O)ccn3)C2)CCC1=O. The molecule has 2 N–H and O–H groups in total. The zero-order valence-electron chi connectivity index (χ0n) is 15.8. The molecule has 0 radical (unpaired) electrons. The summed E-state index contributed by atoms with van der Waals surface area (Å²) in [6.45, 7) is 4.26. The van der Waals surface area contributed by atoms with E-state index >= 15 is 0 Å². The van der Waals surface area contributed by atoms with Gasteiger partial charge in [0, 0.05) is 56.3 Å². The van der Waals surface area contributed by atoms with Gasteiger partial charge in [0.25, 0.3) is 0 Å². The lowest BCUT2D eigenvalue weighted by molar-refractivity contribution is -0.138. The highest BCUT2D eigenvalue weighted by molar-refractivity contribution is 5.93. The highest BCUT2D eigenvalue weighted by atomic mass is 16.2. The number of aromatic nitrogens is 1. The minimum Gasteiger partial charge on any atom is -0.366 e. The molecule has 7 heteroatoms. The van der Waals surface area contributed by atoms with Gasteiger partial charge in [-0.1, -0.05) is 0 Å². The number of primary amides is 1. The number of nitrogens with zero attached hydrogens (tertiary/aromatic N) is 4. The van der Waals surface area contributed by atoms with Gasteiger partial charge in [-0.25, -0.2) is 4.98 Å². The summed E-state index contributed by atoms with van der Waals surface area (Å²) in [5, 5.41) is 0. The molecule has 142 valence electrons. The van der Waals surface area contributed by atoms with Crippen LogP contribution in [0.15, 0.2) is 18.3 Å². The summed E-state index contributed by atoms with van der Waals surface area (Å²) in [5.41, 5.74) is 6.01. The largest absolute Gasteiger partial charge is 0.366 e. The lowest BCUT2D eigenvalue weighted by Gasteiger charge is -2.48. The maximum atomic E-state index is 12.3. The van der Waals surface area contributed by atoms with Crippen molar-refractivity contribution in [2.45, 2.75) is 25.7 Å². The van der Waals surface area contributed by atoms with Crippen molar-refractivity contribution in [3.63, 3.8) is 0 Å². The summed E-state index contributed by atoms with van der Waals surface area (Å²) < 4.78 is 0. The van der Waals surface area contributed by atoms with E-state index in [1.807, 2.05) is 19.0 Å². The quantitative estimate of drug-likeness (QED) is 0.846. The number of carbonyl (C=O) groups is 2. The van der Waals surface area contributed by atoms with Gasteiger partial charge in [0.15, 0.2) is 0 Å². The minimum atomic E-state index is -0.432. The van der Waals surface area contributed by atoms with Crippen LogP contribution in [0.1, 0.15) is 36.0 Å². The molecular weight excluding hydrogens is 330 g/mol. The van der Waals surface area contributed by atoms with Crippen molar-refractivity contribution >= 4 is 17.6 Å². The molecular formula is C19H29N5O2. The van der Waals surface area contributed by atoms with Crippen molar-refractivity contribution in [2.24, 2.45) is 11.1 Å². The van der Waals surface area contributed by atoms with E-state index in [-0.39, 0.29) is 11.3 Å². The molecule has 0 bridgehead atoms. The first-order chi connectivity index (χ1) is 12.4. The molecule has 1 aromatic rings. The lowest BCUT2D eigenvalue weighted by atomic mass is 9.73. The number of likely N-dealkylation sites (tertiary alicyclic amines) is 1. The fourth-order valence-corrected chi connectivity index (χ4v) is 4.11. The summed E-state index contributed by atoms with van der Waals surface area (Å²) >= 11 is 0. The van der Waals surface area contributed by atoms with Gasteiger partial charge in [0.2, 0.25) is 11.8 Å². The molecule has 2 amide bonds. The first kappa shape index (κ1) is 18.6. The molecule has 0 unspecified atom stereocenters. The van der Waals surface area contributed by atoms with Crippen molar-refractivity contribution in [2.75, 3.05) is 51.7 Å². The Morgan fingerprint density at radius 2 is 2.15 bits per heavy atom. The number of likely N-dealkylation sites (N-methyl/N-ethyl adjacent to an activating group) is 1. The third-order valence-corrected chi connectivity index (χ3v) is 5.58. The van der Waals surface area contributed by atoms with Gasteiger partial charge in [-0.05, 0) is 45.5 Å². The van der Waals surface area contributed by atoms with E-state index in [4.69, 9.17) is 5.73 Å². The molecule has 1 aromatic heterocycles. The molecule has 7 nitrogen and oxygen atoms in total. The summed E-state index contributed by atoms with van der Waals surface area (Å²) in [4.78, 5) is 34.6. The Bertz CT molecular complexity index is 678. The van der Waals surface area contributed by atoms with Crippen LogP contribution in [0.25, 0.3) is 0 Å². The van der Waals surface area contributed by atoms with Gasteiger partial charge >= 0.3 is 0 Å². The van der Waals surface area contributed by atoms with Crippen LogP contribution in [-0.2, 0) is 4.79 Å². The number of nitrogens with two attached hydrogens (primary N) is 1. The highest BCUT2D eigenvalue weighted by Crippen LogP contribution is 2.39. The van der Waals surface area contributed by atoms with Crippen molar-refractivity contribution < 1.29 is 9.59 Å². The second-order valence-electron chi connectivity index (χ2n) is 7.91. The van der Waals surface area contributed by atoms with Crippen LogP contribution in [0.2, 0.25) is 0 Å². The Hall–Kier alpha value is -2.15. The predicted octanol–water partition coefficient (Wildman–Crippen LogP) is 0.951. The second kappa shape index (κ2) is 7.61. The number of rotatable bonds is 5. The number of amides is 2. The van der Waals surface area contributed by atoms with Gasteiger partial charge in [-0.2, -0.15) is 0 Å². The second-order valence-corrected chi connectivity index (χ2v) is 7.91. The van der Waals surface area contributed by atoms with Crippen LogP contribution in [-0.4, -0.2) is 73.4 Å². The van der Waals surface area contributed by atoms with Crippen molar-refractivity contribution in [3.05, 3.63) is 23.9 Å². The summed E-state index contributed by atoms with van der Waals surface area (Å²) in [7, 11) is 4.06. The van der Waals surface area contributed by atoms with E-state index in [9.17, 15) is 9.59 Å². The number of piperidine rings is 2. The number of anilines is 1. The van der Waals surface area contributed by atoms with E-state index in [0.29, 0.717) is 12.0 Å². The zero-order chi connectivity index (χ0) is 18.7. The zero-order valence-corrected chi connectivity index (χ0v) is 15.8. The molecule has 0 aliphatic carbocycles. The van der Waals surface area contributed by atoms with E-state index in [2.05, 4.69) is 14.8 Å². The number of carbonyl (C=O) groups excluding carboxylic acids is 2. The van der Waals surface area contributed by atoms with Crippen LogP contribution in [0.3, 0.4) is 0 Å². The van der Waals surface area contributed by atoms with Gasteiger partial charge in [-0.3, -0.25) is 9.59 Å². The smallest absolute Gasteiger partial charge is 0.248 e. The number of hydrogen-bond donors (Lipinski definition) is 1. The van der Waals surface area contributed by atoms with Crippen LogP contribution < -0.4 is 10.6 Å². The Morgan fingerprint density at radius 3 is 2.88 bits per heavy atom. The third kappa shape index (κ3) is 4.15. The molecule has 26 heavy (non-hydrogen) atoms. The Kier molecular flexibility index (Phi) is 5.46. The predicted molar refractivity (Wildman–Crippen MR) is 101 cm³/mol. The van der Waals surface area contributed by atoms with Crippen molar-refractivity contribution in [3.8, 4) is 0 Å². The Morgan fingerprint density at radius 1 is 1.35 bits per heavy atom. The Labute approximate surface area is 155 Å². The molecule has 1 spiro atoms. The van der Waals surface area contributed by atoms with E-state index < -0.39 is 5.91 Å². The fraction of sp³-hybridized carbons (Fsp3) is 0.632. The maximum absolute atomic E-state index is 12.3. The third-order valence-electron chi connectivity index (χ3n) is 5.58. The van der Waals surface area contributed by atoms with Crippen LogP contribution >= 0.6 is 0 Å². The van der Waals surface area contributed by atoms with E-state index in [1.54, 1.807) is 18.3 Å². The normalized spacial score (nSPS) is 23.7. The Balaban J connectivity index is 1.73.